The van der Waals surface area contributed by atoms with Crippen LogP contribution in [0.5, 0.6) is 0 Å². The fourth-order valence-corrected chi connectivity index (χ4v) is 2.36. The van der Waals surface area contributed by atoms with Crippen LogP contribution in [0.15, 0.2) is 18.7 Å². The predicted molar refractivity (Wildman–Crippen MR) is 63.1 cm³/mol. The summed E-state index contributed by atoms with van der Waals surface area (Å²) in [7, 11) is 0. The van der Waals surface area contributed by atoms with Crippen molar-refractivity contribution in [1.29, 1.82) is 0 Å². The molecule has 0 radical (unpaired) electrons. The number of aliphatic hydroxyl groups excluding tert-OH is 1. The first-order chi connectivity index (χ1) is 7.75. The fourth-order valence-electron chi connectivity index (χ4n) is 2.36. The van der Waals surface area contributed by atoms with Crippen molar-refractivity contribution in [3.05, 3.63) is 18.7 Å². The molecular weight excluding hydrogens is 202 g/mol. The van der Waals surface area contributed by atoms with Crippen molar-refractivity contribution in [1.82, 2.24) is 14.5 Å². The van der Waals surface area contributed by atoms with Gasteiger partial charge in [-0.15, -0.1) is 0 Å². The minimum Gasteiger partial charge on any atom is -0.393 e. The van der Waals surface area contributed by atoms with E-state index in [1.807, 2.05) is 25.6 Å². The fraction of sp³-hybridized carbons (Fsp3) is 0.750. The van der Waals surface area contributed by atoms with Gasteiger partial charge in [-0.05, 0) is 38.8 Å². The standard InChI is InChI=1S/C12H21N3O/c1-11(16)12-3-7-14(9-12)5-2-6-15-8-4-13-10-15/h4,8,10-12,16H,2-3,5-7,9H2,1H3. The Labute approximate surface area is 96.9 Å². The third-order valence-corrected chi connectivity index (χ3v) is 3.44. The van der Waals surface area contributed by atoms with Crippen LogP contribution in [-0.4, -0.2) is 45.3 Å². The number of rotatable bonds is 5. The average molecular weight is 223 g/mol. The molecule has 4 heteroatoms. The van der Waals surface area contributed by atoms with Crippen molar-refractivity contribution in [2.75, 3.05) is 19.6 Å². The Balaban J connectivity index is 1.64. The highest BCUT2D eigenvalue weighted by Gasteiger charge is 2.25. The highest BCUT2D eigenvalue weighted by Crippen LogP contribution is 2.19. The normalized spacial score (nSPS) is 23.8. The number of imidazole rings is 1. The van der Waals surface area contributed by atoms with Gasteiger partial charge in [-0.2, -0.15) is 0 Å². The quantitative estimate of drug-likeness (QED) is 0.809. The first-order valence-electron chi connectivity index (χ1n) is 6.12. The molecule has 1 aromatic heterocycles. The molecule has 1 N–H and O–H groups in total. The Kier molecular flexibility index (Phi) is 3.96. The number of nitrogens with zero attached hydrogens (tertiary/aromatic N) is 3. The molecule has 1 aromatic rings. The van der Waals surface area contributed by atoms with Crippen LogP contribution in [0.2, 0.25) is 0 Å². The molecule has 0 aromatic carbocycles. The second-order valence-electron chi connectivity index (χ2n) is 4.74. The largest absolute Gasteiger partial charge is 0.393 e. The third kappa shape index (κ3) is 3.06. The van der Waals surface area contributed by atoms with Crippen molar-refractivity contribution in [3.8, 4) is 0 Å². The van der Waals surface area contributed by atoms with Crippen molar-refractivity contribution in [2.45, 2.75) is 32.4 Å². The molecule has 1 saturated heterocycles. The van der Waals surface area contributed by atoms with Crippen LogP contribution >= 0.6 is 0 Å². The molecule has 90 valence electrons. The van der Waals surface area contributed by atoms with Crippen LogP contribution in [0, 0.1) is 5.92 Å². The highest BCUT2D eigenvalue weighted by atomic mass is 16.3. The summed E-state index contributed by atoms with van der Waals surface area (Å²) in [5.41, 5.74) is 0. The molecule has 2 rings (SSSR count). The predicted octanol–water partition coefficient (Wildman–Crippen LogP) is 0.976. The minimum absolute atomic E-state index is 0.154. The average Bonchev–Trinajstić information content (AvgIpc) is 2.87. The molecule has 0 amide bonds. The van der Waals surface area contributed by atoms with Crippen LogP contribution in [-0.2, 0) is 6.54 Å². The van der Waals surface area contributed by atoms with Crippen LogP contribution in [0.1, 0.15) is 19.8 Å². The monoisotopic (exact) mass is 223 g/mol. The van der Waals surface area contributed by atoms with Gasteiger partial charge in [0.15, 0.2) is 0 Å². The van der Waals surface area contributed by atoms with Crippen molar-refractivity contribution >= 4 is 0 Å². The molecule has 0 spiro atoms. The first-order valence-corrected chi connectivity index (χ1v) is 6.12. The summed E-state index contributed by atoms with van der Waals surface area (Å²) < 4.78 is 2.11. The lowest BCUT2D eigenvalue weighted by Crippen LogP contribution is -2.25. The van der Waals surface area contributed by atoms with Crippen LogP contribution in [0.25, 0.3) is 0 Å². The summed E-state index contributed by atoms with van der Waals surface area (Å²) in [6.45, 7) is 6.26. The van der Waals surface area contributed by atoms with E-state index in [2.05, 4.69) is 14.5 Å². The SMILES string of the molecule is CC(O)C1CCN(CCCn2ccnc2)C1. The molecule has 4 nitrogen and oxygen atoms in total. The summed E-state index contributed by atoms with van der Waals surface area (Å²) >= 11 is 0. The Morgan fingerprint density at radius 1 is 1.50 bits per heavy atom. The number of hydrogen-bond acceptors (Lipinski definition) is 3. The zero-order valence-corrected chi connectivity index (χ0v) is 9.92. The topological polar surface area (TPSA) is 41.3 Å². The van der Waals surface area contributed by atoms with Crippen LogP contribution in [0.4, 0.5) is 0 Å². The number of likely N-dealkylation sites (tertiary alicyclic amines) is 1. The van der Waals surface area contributed by atoms with E-state index in [1.54, 1.807) is 0 Å². The second-order valence-corrected chi connectivity index (χ2v) is 4.74. The van der Waals surface area contributed by atoms with Gasteiger partial charge in [-0.1, -0.05) is 0 Å². The highest BCUT2D eigenvalue weighted by molar-refractivity contribution is 4.79. The van der Waals surface area contributed by atoms with Gasteiger partial charge in [0.2, 0.25) is 0 Å². The summed E-state index contributed by atoms with van der Waals surface area (Å²) in [6.07, 6.45) is 7.83. The molecule has 2 unspecified atom stereocenters. The number of aryl methyl sites for hydroxylation is 1. The summed E-state index contributed by atoms with van der Waals surface area (Å²) in [4.78, 5) is 6.48. The van der Waals surface area contributed by atoms with Gasteiger partial charge in [-0.25, -0.2) is 4.98 Å². The molecule has 2 atom stereocenters. The van der Waals surface area contributed by atoms with Crippen molar-refractivity contribution < 1.29 is 5.11 Å². The van der Waals surface area contributed by atoms with E-state index >= 15 is 0 Å². The minimum atomic E-state index is -0.154. The summed E-state index contributed by atoms with van der Waals surface area (Å²) in [6, 6.07) is 0. The van der Waals surface area contributed by atoms with E-state index in [0.29, 0.717) is 5.92 Å². The molecule has 1 aliphatic heterocycles. The molecule has 2 heterocycles. The molecular formula is C12H21N3O. The molecule has 1 fully saturated rings. The Morgan fingerprint density at radius 2 is 2.38 bits per heavy atom. The number of aromatic nitrogens is 2. The van der Waals surface area contributed by atoms with E-state index in [-0.39, 0.29) is 6.10 Å². The lowest BCUT2D eigenvalue weighted by atomic mass is 10.0. The van der Waals surface area contributed by atoms with Gasteiger partial charge in [0, 0.05) is 25.5 Å². The van der Waals surface area contributed by atoms with Crippen molar-refractivity contribution in [2.24, 2.45) is 5.92 Å². The Bertz CT molecular complexity index is 297. The molecule has 0 aliphatic carbocycles. The number of hydrogen-bond donors (Lipinski definition) is 1. The molecule has 1 aliphatic rings. The Morgan fingerprint density at radius 3 is 3.00 bits per heavy atom. The molecule has 0 saturated carbocycles. The van der Waals surface area contributed by atoms with Gasteiger partial charge < -0.3 is 14.6 Å². The third-order valence-electron chi connectivity index (χ3n) is 3.44. The van der Waals surface area contributed by atoms with E-state index in [1.165, 1.54) is 0 Å². The molecule has 0 bridgehead atoms. The van der Waals surface area contributed by atoms with Gasteiger partial charge in [0.05, 0.1) is 12.4 Å². The van der Waals surface area contributed by atoms with E-state index in [0.717, 1.165) is 39.0 Å². The maximum atomic E-state index is 9.51. The Hall–Kier alpha value is -0.870. The van der Waals surface area contributed by atoms with Crippen LogP contribution < -0.4 is 0 Å². The maximum absolute atomic E-state index is 9.51. The smallest absolute Gasteiger partial charge is 0.0945 e. The van der Waals surface area contributed by atoms with Crippen LogP contribution in [0.3, 0.4) is 0 Å². The lowest BCUT2D eigenvalue weighted by Gasteiger charge is -2.17. The lowest BCUT2D eigenvalue weighted by molar-refractivity contribution is 0.127. The van der Waals surface area contributed by atoms with E-state index in [9.17, 15) is 5.11 Å². The molecule has 16 heavy (non-hydrogen) atoms. The van der Waals surface area contributed by atoms with Crippen molar-refractivity contribution in [3.63, 3.8) is 0 Å². The second kappa shape index (κ2) is 5.46. The summed E-state index contributed by atoms with van der Waals surface area (Å²) in [5, 5.41) is 9.51. The zero-order chi connectivity index (χ0) is 11.4. The van der Waals surface area contributed by atoms with Gasteiger partial charge in [-0.3, -0.25) is 0 Å². The summed E-state index contributed by atoms with van der Waals surface area (Å²) in [5.74, 6) is 0.480. The maximum Gasteiger partial charge on any atom is 0.0945 e. The van der Waals surface area contributed by atoms with E-state index < -0.39 is 0 Å². The van der Waals surface area contributed by atoms with Gasteiger partial charge in [0.25, 0.3) is 0 Å². The first kappa shape index (κ1) is 11.6. The van der Waals surface area contributed by atoms with Gasteiger partial charge >= 0.3 is 0 Å². The van der Waals surface area contributed by atoms with E-state index in [4.69, 9.17) is 0 Å². The number of aliphatic hydroxyl groups is 1. The zero-order valence-electron chi connectivity index (χ0n) is 9.92. The van der Waals surface area contributed by atoms with Gasteiger partial charge in [0.1, 0.15) is 0 Å².